The Morgan fingerprint density at radius 2 is 2.05 bits per heavy atom. The summed E-state index contributed by atoms with van der Waals surface area (Å²) in [5, 5.41) is 24.0. The number of hydrogen-bond acceptors (Lipinski definition) is 4. The van der Waals surface area contributed by atoms with Gasteiger partial charge in [0.15, 0.2) is 0 Å². The summed E-state index contributed by atoms with van der Waals surface area (Å²) in [6.45, 7) is 4.80. The zero-order valence-electron chi connectivity index (χ0n) is 13.2. The molecular formula is C17H27NO3. The summed E-state index contributed by atoms with van der Waals surface area (Å²) in [6, 6.07) is 5.30. The fraction of sp³-hybridized carbons (Fsp3) is 0.647. The van der Waals surface area contributed by atoms with Gasteiger partial charge in [0.1, 0.15) is 11.5 Å². The van der Waals surface area contributed by atoms with E-state index in [1.165, 1.54) is 0 Å². The van der Waals surface area contributed by atoms with Crippen LogP contribution in [0, 0.1) is 5.92 Å². The van der Waals surface area contributed by atoms with Gasteiger partial charge in [0, 0.05) is 24.2 Å². The van der Waals surface area contributed by atoms with E-state index in [0.29, 0.717) is 18.2 Å². The molecule has 0 radical (unpaired) electrons. The van der Waals surface area contributed by atoms with Gasteiger partial charge in [-0.2, -0.15) is 0 Å². The highest BCUT2D eigenvalue weighted by molar-refractivity contribution is 5.41. The maximum absolute atomic E-state index is 10.6. The molecule has 4 nitrogen and oxygen atoms in total. The second kappa shape index (κ2) is 6.67. The number of rotatable bonds is 5. The molecule has 0 aliphatic heterocycles. The van der Waals surface area contributed by atoms with Gasteiger partial charge >= 0.3 is 0 Å². The van der Waals surface area contributed by atoms with Gasteiger partial charge in [-0.05, 0) is 44.6 Å². The molecule has 1 aromatic carbocycles. The fourth-order valence-electron chi connectivity index (χ4n) is 2.95. The van der Waals surface area contributed by atoms with Crippen molar-refractivity contribution in [2.75, 3.05) is 13.7 Å². The Morgan fingerprint density at radius 1 is 1.38 bits per heavy atom. The van der Waals surface area contributed by atoms with E-state index in [2.05, 4.69) is 12.2 Å². The van der Waals surface area contributed by atoms with E-state index < -0.39 is 5.60 Å². The minimum atomic E-state index is -0.608. The minimum Gasteiger partial charge on any atom is -0.507 e. The molecule has 1 atom stereocenters. The average molecular weight is 293 g/mol. The van der Waals surface area contributed by atoms with Crippen molar-refractivity contribution in [3.8, 4) is 11.5 Å². The Labute approximate surface area is 127 Å². The number of hydrogen-bond donors (Lipinski definition) is 3. The van der Waals surface area contributed by atoms with Gasteiger partial charge in [-0.1, -0.05) is 13.0 Å². The van der Waals surface area contributed by atoms with E-state index >= 15 is 0 Å². The summed E-state index contributed by atoms with van der Waals surface area (Å²) in [5.74, 6) is 1.58. The third kappa shape index (κ3) is 4.11. The molecule has 0 amide bonds. The lowest BCUT2D eigenvalue weighted by Crippen LogP contribution is -2.44. The van der Waals surface area contributed by atoms with Gasteiger partial charge in [0.05, 0.1) is 12.7 Å². The molecule has 0 saturated heterocycles. The van der Waals surface area contributed by atoms with Crippen molar-refractivity contribution < 1.29 is 14.9 Å². The van der Waals surface area contributed by atoms with E-state index in [-0.39, 0.29) is 11.8 Å². The van der Waals surface area contributed by atoms with Gasteiger partial charge in [0.2, 0.25) is 0 Å². The number of phenolic OH excluding ortho intramolecular Hbond substituents is 1. The molecular weight excluding hydrogens is 266 g/mol. The Balaban J connectivity index is 1.94. The molecule has 0 bridgehead atoms. The van der Waals surface area contributed by atoms with Crippen molar-refractivity contribution in [1.82, 2.24) is 5.32 Å². The zero-order valence-corrected chi connectivity index (χ0v) is 13.2. The first kappa shape index (κ1) is 16.1. The fourth-order valence-corrected chi connectivity index (χ4v) is 2.95. The number of aliphatic hydroxyl groups is 1. The summed E-state index contributed by atoms with van der Waals surface area (Å²) in [6.07, 6.45) is 3.87. The van der Waals surface area contributed by atoms with Gasteiger partial charge in [-0.3, -0.25) is 0 Å². The number of benzene rings is 1. The molecule has 21 heavy (non-hydrogen) atoms. The predicted octanol–water partition coefficient (Wildman–Crippen LogP) is 2.99. The predicted molar refractivity (Wildman–Crippen MR) is 83.7 cm³/mol. The number of methoxy groups -OCH3 is 1. The Bertz CT molecular complexity index is 467. The Morgan fingerprint density at radius 3 is 2.62 bits per heavy atom. The van der Waals surface area contributed by atoms with Crippen LogP contribution < -0.4 is 10.1 Å². The summed E-state index contributed by atoms with van der Waals surface area (Å²) < 4.78 is 5.09. The normalized spacial score (nSPS) is 27.3. The first-order chi connectivity index (χ1) is 9.93. The lowest BCUT2D eigenvalue weighted by Gasteiger charge is -2.36. The summed E-state index contributed by atoms with van der Waals surface area (Å²) in [4.78, 5) is 0. The molecule has 0 aromatic heterocycles. The highest BCUT2D eigenvalue weighted by Crippen LogP contribution is 2.33. The first-order valence-corrected chi connectivity index (χ1v) is 7.76. The summed E-state index contributed by atoms with van der Waals surface area (Å²) in [5.41, 5.74) is 0.214. The average Bonchev–Trinajstić information content (AvgIpc) is 2.48. The molecule has 0 heterocycles. The molecule has 2 rings (SSSR count). The molecule has 4 heteroatoms. The highest BCUT2D eigenvalue weighted by Gasteiger charge is 2.31. The molecule has 1 fully saturated rings. The van der Waals surface area contributed by atoms with Crippen LogP contribution in [0.2, 0.25) is 0 Å². The lowest BCUT2D eigenvalue weighted by atomic mass is 9.79. The number of nitrogens with one attached hydrogen (secondary N) is 1. The Hall–Kier alpha value is -1.26. The van der Waals surface area contributed by atoms with Crippen molar-refractivity contribution in [2.45, 2.75) is 51.2 Å². The molecule has 118 valence electrons. The second-order valence-corrected chi connectivity index (χ2v) is 6.43. The zero-order chi connectivity index (χ0) is 15.5. The van der Waals surface area contributed by atoms with Crippen LogP contribution in [-0.4, -0.2) is 29.5 Å². The van der Waals surface area contributed by atoms with Crippen molar-refractivity contribution in [3.63, 3.8) is 0 Å². The van der Waals surface area contributed by atoms with E-state index in [9.17, 15) is 10.2 Å². The third-order valence-electron chi connectivity index (χ3n) is 4.65. The molecule has 1 aromatic rings. The van der Waals surface area contributed by atoms with Gasteiger partial charge < -0.3 is 20.3 Å². The lowest BCUT2D eigenvalue weighted by molar-refractivity contribution is -0.00788. The van der Waals surface area contributed by atoms with Crippen LogP contribution in [0.5, 0.6) is 11.5 Å². The van der Waals surface area contributed by atoms with Crippen LogP contribution in [0.15, 0.2) is 18.2 Å². The topological polar surface area (TPSA) is 61.7 Å². The van der Waals surface area contributed by atoms with E-state index in [0.717, 1.165) is 31.2 Å². The number of ether oxygens (including phenoxy) is 1. The van der Waals surface area contributed by atoms with Crippen LogP contribution in [0.25, 0.3) is 0 Å². The van der Waals surface area contributed by atoms with Crippen LogP contribution in [0.3, 0.4) is 0 Å². The van der Waals surface area contributed by atoms with Gasteiger partial charge in [-0.15, -0.1) is 0 Å². The monoisotopic (exact) mass is 293 g/mol. The molecule has 0 spiro atoms. The van der Waals surface area contributed by atoms with E-state index in [4.69, 9.17) is 4.74 Å². The van der Waals surface area contributed by atoms with Crippen molar-refractivity contribution in [3.05, 3.63) is 23.8 Å². The highest BCUT2D eigenvalue weighted by atomic mass is 16.5. The van der Waals surface area contributed by atoms with Crippen LogP contribution >= 0.6 is 0 Å². The van der Waals surface area contributed by atoms with Crippen LogP contribution in [0.4, 0.5) is 0 Å². The van der Waals surface area contributed by atoms with Crippen molar-refractivity contribution >= 4 is 0 Å². The smallest absolute Gasteiger partial charge is 0.124 e. The van der Waals surface area contributed by atoms with Crippen molar-refractivity contribution in [2.24, 2.45) is 5.92 Å². The Kier molecular flexibility index (Phi) is 5.12. The quantitative estimate of drug-likeness (QED) is 0.781. The second-order valence-electron chi connectivity index (χ2n) is 6.43. The molecule has 1 aliphatic rings. The maximum atomic E-state index is 10.6. The van der Waals surface area contributed by atoms with Crippen LogP contribution in [-0.2, 0) is 0 Å². The minimum absolute atomic E-state index is 0.0146. The maximum Gasteiger partial charge on any atom is 0.124 e. The van der Waals surface area contributed by atoms with Crippen molar-refractivity contribution in [1.29, 1.82) is 0 Å². The van der Waals surface area contributed by atoms with Gasteiger partial charge in [-0.25, -0.2) is 0 Å². The van der Waals surface area contributed by atoms with E-state index in [1.807, 2.05) is 19.1 Å². The molecule has 1 unspecified atom stereocenters. The van der Waals surface area contributed by atoms with Crippen LogP contribution in [0.1, 0.15) is 51.1 Å². The van der Waals surface area contributed by atoms with Gasteiger partial charge in [0.25, 0.3) is 0 Å². The molecule has 1 aliphatic carbocycles. The molecule has 3 N–H and O–H groups in total. The summed E-state index contributed by atoms with van der Waals surface area (Å²) >= 11 is 0. The standard InChI is InChI=1S/C17H27NO3/c1-12-6-8-17(20,9-7-12)11-18-13(2)15-5-4-14(21-3)10-16(15)19/h4-5,10,12-13,18-20H,6-9,11H2,1-3H3. The van der Waals surface area contributed by atoms with E-state index in [1.54, 1.807) is 13.2 Å². The first-order valence-electron chi connectivity index (χ1n) is 7.76. The third-order valence-corrected chi connectivity index (χ3v) is 4.65. The largest absolute Gasteiger partial charge is 0.507 e. The summed E-state index contributed by atoms with van der Waals surface area (Å²) in [7, 11) is 1.58. The molecule has 1 saturated carbocycles. The number of aromatic hydroxyl groups is 1. The SMILES string of the molecule is COc1ccc(C(C)NCC2(O)CCC(C)CC2)c(O)c1. The number of phenols is 1.